The molecule has 2 atom stereocenters. The number of hydrogen-bond acceptors (Lipinski definition) is 1. The summed E-state index contributed by atoms with van der Waals surface area (Å²) in [4.78, 5) is 11.4. The Kier molecular flexibility index (Phi) is 1.98. The number of carbonyl (C=O) groups is 1. The van der Waals surface area contributed by atoms with Crippen LogP contribution in [0.2, 0.25) is 0 Å². The van der Waals surface area contributed by atoms with E-state index in [2.05, 4.69) is 36.4 Å². The number of benzene rings is 1. The third-order valence-corrected chi connectivity index (χ3v) is 3.63. The summed E-state index contributed by atoms with van der Waals surface area (Å²) in [5.74, 6) is 1.48. The number of allylic oxidation sites excluding steroid dienone is 1. The molecule has 0 aliphatic heterocycles. The smallest absolute Gasteiger partial charge is 0.133 e. The molecule has 2 unspecified atom stereocenters. The van der Waals surface area contributed by atoms with Crippen LogP contribution in [0.4, 0.5) is 0 Å². The van der Waals surface area contributed by atoms with Gasteiger partial charge in [0.2, 0.25) is 0 Å². The normalized spacial score (nSPS) is 28.4. The van der Waals surface area contributed by atoms with Gasteiger partial charge in [-0.3, -0.25) is 4.79 Å². The van der Waals surface area contributed by atoms with Gasteiger partial charge in [-0.25, -0.2) is 0 Å². The molecule has 2 aliphatic carbocycles. The lowest BCUT2D eigenvalue weighted by Gasteiger charge is -2.32. The number of hydrogen-bond donors (Lipinski definition) is 0. The Bertz CT molecular complexity index is 431. The summed E-state index contributed by atoms with van der Waals surface area (Å²) in [7, 11) is 0. The molecule has 0 aromatic heterocycles. The predicted molar refractivity (Wildman–Crippen MR) is 60.6 cm³/mol. The second-order valence-corrected chi connectivity index (χ2v) is 4.54. The summed E-state index contributed by atoms with van der Waals surface area (Å²) < 4.78 is 0. The molecule has 0 radical (unpaired) electrons. The van der Waals surface area contributed by atoms with Gasteiger partial charge in [0, 0.05) is 12.8 Å². The van der Waals surface area contributed by atoms with Gasteiger partial charge >= 0.3 is 0 Å². The first-order valence-corrected chi connectivity index (χ1v) is 5.63. The predicted octanol–water partition coefficient (Wildman–Crippen LogP) is 3.17. The van der Waals surface area contributed by atoms with Crippen molar-refractivity contribution in [3.63, 3.8) is 0 Å². The molecule has 0 N–H and O–H groups in total. The fourth-order valence-corrected chi connectivity index (χ4v) is 2.85. The molecule has 1 nitrogen and oxygen atoms in total. The highest BCUT2D eigenvalue weighted by atomic mass is 16.1. The highest BCUT2D eigenvalue weighted by molar-refractivity contribution is 5.80. The zero-order valence-electron chi connectivity index (χ0n) is 8.65. The lowest BCUT2D eigenvalue weighted by atomic mass is 9.71. The van der Waals surface area contributed by atoms with Crippen LogP contribution >= 0.6 is 0 Å². The Morgan fingerprint density at radius 3 is 3.00 bits per heavy atom. The molecule has 15 heavy (non-hydrogen) atoms. The number of ketones is 1. The number of Topliss-reactive ketones (excluding diaryl/α,β-unsaturated/α-hetero) is 1. The summed E-state index contributed by atoms with van der Waals surface area (Å²) in [6.07, 6.45) is 6.95. The maximum atomic E-state index is 11.4. The molecular formula is C14H14O. The SMILES string of the molecule is O=C1CCC2c3ccccc3C=CC2C1. The van der Waals surface area contributed by atoms with Crippen molar-refractivity contribution in [1.29, 1.82) is 0 Å². The van der Waals surface area contributed by atoms with Crippen molar-refractivity contribution in [1.82, 2.24) is 0 Å². The van der Waals surface area contributed by atoms with Crippen LogP contribution in [0.5, 0.6) is 0 Å². The topological polar surface area (TPSA) is 17.1 Å². The first-order valence-electron chi connectivity index (χ1n) is 5.63. The van der Waals surface area contributed by atoms with E-state index in [0.717, 1.165) is 19.3 Å². The Morgan fingerprint density at radius 2 is 2.07 bits per heavy atom. The van der Waals surface area contributed by atoms with Gasteiger partial charge in [-0.2, -0.15) is 0 Å². The summed E-state index contributed by atoms with van der Waals surface area (Å²) >= 11 is 0. The first kappa shape index (κ1) is 8.90. The second kappa shape index (κ2) is 3.34. The van der Waals surface area contributed by atoms with Crippen LogP contribution in [0.15, 0.2) is 30.3 Å². The zero-order chi connectivity index (χ0) is 10.3. The van der Waals surface area contributed by atoms with E-state index in [1.807, 2.05) is 0 Å². The lowest BCUT2D eigenvalue weighted by molar-refractivity contribution is -0.121. The Labute approximate surface area is 89.8 Å². The maximum Gasteiger partial charge on any atom is 0.133 e. The molecule has 0 spiro atoms. The van der Waals surface area contributed by atoms with Crippen molar-refractivity contribution in [2.24, 2.45) is 5.92 Å². The van der Waals surface area contributed by atoms with E-state index in [1.165, 1.54) is 11.1 Å². The number of carbonyl (C=O) groups excluding carboxylic acids is 1. The average molecular weight is 198 g/mol. The van der Waals surface area contributed by atoms with Crippen molar-refractivity contribution in [2.45, 2.75) is 25.2 Å². The van der Waals surface area contributed by atoms with E-state index in [9.17, 15) is 4.79 Å². The van der Waals surface area contributed by atoms with Crippen LogP contribution in [-0.2, 0) is 4.79 Å². The van der Waals surface area contributed by atoms with E-state index in [0.29, 0.717) is 17.6 Å². The molecule has 1 fully saturated rings. The molecule has 1 heteroatoms. The van der Waals surface area contributed by atoms with Gasteiger partial charge in [0.15, 0.2) is 0 Å². The Balaban J connectivity index is 2.02. The summed E-state index contributed by atoms with van der Waals surface area (Å²) in [5, 5.41) is 0. The molecule has 1 saturated carbocycles. The minimum Gasteiger partial charge on any atom is -0.300 e. The molecule has 1 aromatic carbocycles. The molecule has 0 bridgehead atoms. The molecular weight excluding hydrogens is 184 g/mol. The van der Waals surface area contributed by atoms with Crippen LogP contribution in [0.25, 0.3) is 6.08 Å². The minimum absolute atomic E-state index is 0.431. The van der Waals surface area contributed by atoms with Crippen LogP contribution in [0.1, 0.15) is 36.3 Å². The van der Waals surface area contributed by atoms with Crippen molar-refractivity contribution in [3.05, 3.63) is 41.5 Å². The van der Waals surface area contributed by atoms with Crippen molar-refractivity contribution in [2.75, 3.05) is 0 Å². The van der Waals surface area contributed by atoms with Crippen molar-refractivity contribution < 1.29 is 4.79 Å². The van der Waals surface area contributed by atoms with Crippen LogP contribution in [0.3, 0.4) is 0 Å². The third-order valence-electron chi connectivity index (χ3n) is 3.63. The largest absolute Gasteiger partial charge is 0.300 e. The summed E-state index contributed by atoms with van der Waals surface area (Å²) in [6, 6.07) is 8.56. The fourth-order valence-electron chi connectivity index (χ4n) is 2.85. The van der Waals surface area contributed by atoms with E-state index >= 15 is 0 Å². The van der Waals surface area contributed by atoms with Crippen LogP contribution in [0, 0.1) is 5.92 Å². The monoisotopic (exact) mass is 198 g/mol. The highest BCUT2D eigenvalue weighted by Gasteiger charge is 2.31. The van der Waals surface area contributed by atoms with Crippen LogP contribution in [-0.4, -0.2) is 5.78 Å². The van der Waals surface area contributed by atoms with Gasteiger partial charge in [0.25, 0.3) is 0 Å². The summed E-state index contributed by atoms with van der Waals surface area (Å²) in [5.41, 5.74) is 2.78. The fraction of sp³-hybridized carbons (Fsp3) is 0.357. The molecule has 0 heterocycles. The Hall–Kier alpha value is -1.37. The van der Waals surface area contributed by atoms with Gasteiger partial charge in [-0.15, -0.1) is 0 Å². The van der Waals surface area contributed by atoms with Gasteiger partial charge < -0.3 is 0 Å². The number of fused-ring (bicyclic) bond motifs is 3. The quantitative estimate of drug-likeness (QED) is 0.625. The summed E-state index contributed by atoms with van der Waals surface area (Å²) in [6.45, 7) is 0. The number of rotatable bonds is 0. The van der Waals surface area contributed by atoms with Gasteiger partial charge in [0.05, 0.1) is 0 Å². The van der Waals surface area contributed by atoms with E-state index in [1.54, 1.807) is 0 Å². The third kappa shape index (κ3) is 1.43. The lowest BCUT2D eigenvalue weighted by Crippen LogP contribution is -2.24. The molecule has 2 aliphatic rings. The average Bonchev–Trinajstić information content (AvgIpc) is 2.28. The van der Waals surface area contributed by atoms with Gasteiger partial charge in [-0.1, -0.05) is 36.4 Å². The molecule has 0 amide bonds. The second-order valence-electron chi connectivity index (χ2n) is 4.54. The molecule has 3 rings (SSSR count). The zero-order valence-corrected chi connectivity index (χ0v) is 8.65. The van der Waals surface area contributed by atoms with Gasteiger partial charge in [-0.05, 0) is 29.4 Å². The first-order chi connectivity index (χ1) is 7.34. The standard InChI is InChI=1S/C14H14O/c15-12-7-8-14-11(9-12)6-5-10-3-1-2-4-13(10)14/h1-6,11,14H,7-9H2. The van der Waals surface area contributed by atoms with E-state index in [-0.39, 0.29) is 0 Å². The molecule has 76 valence electrons. The molecule has 0 saturated heterocycles. The maximum absolute atomic E-state index is 11.4. The van der Waals surface area contributed by atoms with Crippen LogP contribution < -0.4 is 0 Å². The van der Waals surface area contributed by atoms with Gasteiger partial charge in [0.1, 0.15) is 5.78 Å². The highest BCUT2D eigenvalue weighted by Crippen LogP contribution is 2.41. The van der Waals surface area contributed by atoms with E-state index < -0.39 is 0 Å². The minimum atomic E-state index is 0.431. The van der Waals surface area contributed by atoms with Crippen molar-refractivity contribution in [3.8, 4) is 0 Å². The molecule has 1 aromatic rings. The van der Waals surface area contributed by atoms with Crippen molar-refractivity contribution >= 4 is 11.9 Å². The van der Waals surface area contributed by atoms with E-state index in [4.69, 9.17) is 0 Å². The Morgan fingerprint density at radius 1 is 1.20 bits per heavy atom.